The van der Waals surface area contributed by atoms with Gasteiger partial charge in [0.15, 0.2) is 0 Å². The van der Waals surface area contributed by atoms with Crippen LogP contribution in [0, 0.1) is 0 Å². The lowest BCUT2D eigenvalue weighted by Gasteiger charge is -2.33. The van der Waals surface area contributed by atoms with Crippen molar-refractivity contribution in [1.82, 2.24) is 0 Å². The molecular weight excluding hydrogens is 637 g/mol. The molecule has 258 valence electrons. The van der Waals surface area contributed by atoms with Gasteiger partial charge in [-0.05, 0) is 85.1 Å². The summed E-state index contributed by atoms with van der Waals surface area (Å²) >= 11 is 0. The van der Waals surface area contributed by atoms with E-state index in [1.165, 1.54) is 19.2 Å². The molecule has 0 saturated heterocycles. The first-order chi connectivity index (χ1) is 24.2. The molecule has 6 rings (SSSR count). The maximum atomic E-state index is 13.5. The Kier molecular flexibility index (Phi) is 10.5. The Bertz CT molecular complexity index is 1920. The van der Waals surface area contributed by atoms with Gasteiger partial charge in [-0.2, -0.15) is 13.2 Å². The molecule has 0 N–H and O–H groups in total. The van der Waals surface area contributed by atoms with E-state index < -0.39 is 23.6 Å². The first kappa shape index (κ1) is 34.6. The molecule has 5 aromatic rings. The predicted molar refractivity (Wildman–Crippen MR) is 193 cm³/mol. The maximum Gasteiger partial charge on any atom is 0.416 e. The highest BCUT2D eigenvalue weighted by Gasteiger charge is 2.34. The molecule has 0 aliphatic carbocycles. The van der Waals surface area contributed by atoms with Gasteiger partial charge in [-0.15, -0.1) is 0 Å². The minimum Gasteiger partial charge on any atom is -0.465 e. The number of hydrogen-bond donors (Lipinski definition) is 0. The molecule has 1 unspecified atom stereocenters. The molecule has 50 heavy (non-hydrogen) atoms. The van der Waals surface area contributed by atoms with E-state index in [0.717, 1.165) is 84.7 Å². The smallest absolute Gasteiger partial charge is 0.416 e. The summed E-state index contributed by atoms with van der Waals surface area (Å²) in [6.45, 7) is 6.28. The van der Waals surface area contributed by atoms with Crippen LogP contribution in [0.3, 0.4) is 0 Å². The van der Waals surface area contributed by atoms with Gasteiger partial charge in [0.2, 0.25) is 0 Å². The van der Waals surface area contributed by atoms with Gasteiger partial charge >= 0.3 is 12.1 Å². The van der Waals surface area contributed by atoms with Gasteiger partial charge in [-0.1, -0.05) is 69.2 Å². The number of fused-ring (bicyclic) bond motifs is 2. The fraction of sp³-hybridized carbons (Fsp3) is 0.262. The molecule has 1 aliphatic heterocycles. The van der Waals surface area contributed by atoms with Gasteiger partial charge in [0.1, 0.15) is 11.5 Å². The summed E-state index contributed by atoms with van der Waals surface area (Å²) in [5.74, 6) is 0.511. The highest BCUT2D eigenvalue weighted by Crippen LogP contribution is 2.51. The average molecular weight is 679 g/mol. The SMILES string of the molecule is CCCCN(CCCC)c1ccc2c(c1)Oc1ccc(N(c3ccccc3)c3ccc(C(F)(F)F)cc3)cc1C2c1ccccc1C(=O)OC. The van der Waals surface area contributed by atoms with Gasteiger partial charge in [-0.3, -0.25) is 0 Å². The summed E-state index contributed by atoms with van der Waals surface area (Å²) in [5.41, 5.74) is 5.38. The topological polar surface area (TPSA) is 42.0 Å². The van der Waals surface area contributed by atoms with E-state index in [-0.39, 0.29) is 0 Å². The van der Waals surface area contributed by atoms with Gasteiger partial charge in [0, 0.05) is 59.0 Å². The van der Waals surface area contributed by atoms with Crippen LogP contribution in [0.15, 0.2) is 115 Å². The van der Waals surface area contributed by atoms with E-state index in [1.54, 1.807) is 6.07 Å². The number of esters is 1. The van der Waals surface area contributed by atoms with Crippen molar-refractivity contribution in [1.29, 1.82) is 0 Å². The third kappa shape index (κ3) is 7.20. The van der Waals surface area contributed by atoms with Crippen LogP contribution >= 0.6 is 0 Å². The summed E-state index contributed by atoms with van der Waals surface area (Å²) in [7, 11) is 1.37. The van der Waals surface area contributed by atoms with Crippen molar-refractivity contribution in [3.05, 3.63) is 143 Å². The van der Waals surface area contributed by atoms with Crippen LogP contribution in [-0.2, 0) is 10.9 Å². The lowest BCUT2D eigenvalue weighted by Crippen LogP contribution is -2.26. The number of ether oxygens (including phenoxy) is 2. The van der Waals surface area contributed by atoms with Crippen LogP contribution < -0.4 is 14.5 Å². The number of para-hydroxylation sites is 1. The summed E-state index contributed by atoms with van der Waals surface area (Å²) in [4.78, 5) is 17.5. The van der Waals surface area contributed by atoms with Crippen LogP contribution in [0.2, 0.25) is 0 Å². The number of unbranched alkanes of at least 4 members (excludes halogenated alkanes) is 2. The number of benzene rings is 5. The number of halogens is 3. The average Bonchev–Trinajstić information content (AvgIpc) is 3.14. The molecule has 0 radical (unpaired) electrons. The van der Waals surface area contributed by atoms with E-state index in [1.807, 2.05) is 71.6 Å². The number of anilines is 4. The summed E-state index contributed by atoms with van der Waals surface area (Å²) in [6, 6.07) is 34.2. The van der Waals surface area contributed by atoms with Gasteiger partial charge < -0.3 is 19.3 Å². The number of carbonyl (C=O) groups excluding carboxylic acids is 1. The van der Waals surface area contributed by atoms with Gasteiger partial charge in [-0.25, -0.2) is 4.79 Å². The number of hydrogen-bond acceptors (Lipinski definition) is 5. The second-order valence-corrected chi connectivity index (χ2v) is 12.5. The molecule has 1 aliphatic rings. The van der Waals surface area contributed by atoms with Crippen LogP contribution in [0.5, 0.6) is 11.5 Å². The molecule has 1 atom stereocenters. The number of carbonyl (C=O) groups is 1. The van der Waals surface area contributed by atoms with Crippen LogP contribution in [0.4, 0.5) is 35.9 Å². The standard InChI is InChI=1S/C42H41F3N2O3/c1-4-6-25-46(26-7-5-2)32-21-23-36-39(28-32)50-38-24-22-33(27-37(38)40(36)34-15-11-12-16-35(34)41(48)49-3)47(30-13-9-8-10-14-30)31-19-17-29(18-20-31)42(43,44)45/h8-24,27-28,40H,4-7,25-26H2,1-3H3. The quantitative estimate of drug-likeness (QED) is 0.121. The molecule has 0 spiro atoms. The minimum atomic E-state index is -4.45. The largest absolute Gasteiger partial charge is 0.465 e. The molecule has 0 aromatic heterocycles. The fourth-order valence-corrected chi connectivity index (χ4v) is 6.60. The Morgan fingerprint density at radius 1 is 0.680 bits per heavy atom. The molecule has 8 heteroatoms. The van der Waals surface area contributed by atoms with Crippen molar-refractivity contribution in [3.8, 4) is 11.5 Å². The summed E-state index contributed by atoms with van der Waals surface area (Å²) in [6.07, 6.45) is -0.0917. The molecule has 0 saturated carbocycles. The van der Waals surface area contributed by atoms with Crippen LogP contribution in [0.1, 0.15) is 78.1 Å². The van der Waals surface area contributed by atoms with Gasteiger partial charge in [0.25, 0.3) is 0 Å². The molecule has 0 amide bonds. The van der Waals surface area contributed by atoms with Gasteiger partial charge in [0.05, 0.1) is 18.2 Å². The number of nitrogens with zero attached hydrogens (tertiary/aromatic N) is 2. The van der Waals surface area contributed by atoms with Crippen molar-refractivity contribution < 1.29 is 27.4 Å². The first-order valence-corrected chi connectivity index (χ1v) is 17.1. The Morgan fingerprint density at radius 2 is 1.30 bits per heavy atom. The van der Waals surface area contributed by atoms with Crippen molar-refractivity contribution in [2.75, 3.05) is 30.0 Å². The molecule has 5 nitrogen and oxygen atoms in total. The third-order valence-electron chi connectivity index (χ3n) is 9.16. The van der Waals surface area contributed by atoms with E-state index in [4.69, 9.17) is 9.47 Å². The molecule has 1 heterocycles. The zero-order chi connectivity index (χ0) is 35.3. The van der Waals surface area contributed by atoms with Crippen molar-refractivity contribution >= 4 is 28.7 Å². The van der Waals surface area contributed by atoms with Crippen LogP contribution in [-0.4, -0.2) is 26.2 Å². The highest BCUT2D eigenvalue weighted by molar-refractivity contribution is 5.92. The maximum absolute atomic E-state index is 13.5. The normalized spacial score (nSPS) is 13.5. The zero-order valence-corrected chi connectivity index (χ0v) is 28.5. The Labute approximate surface area is 291 Å². The zero-order valence-electron chi connectivity index (χ0n) is 28.5. The number of rotatable bonds is 12. The van der Waals surface area contributed by atoms with Crippen molar-refractivity contribution in [2.45, 2.75) is 51.6 Å². The molecule has 5 aromatic carbocycles. The van der Waals surface area contributed by atoms with E-state index >= 15 is 0 Å². The van der Waals surface area contributed by atoms with E-state index in [9.17, 15) is 18.0 Å². The summed E-state index contributed by atoms with van der Waals surface area (Å²) in [5, 5.41) is 0. The second kappa shape index (κ2) is 15.1. The highest BCUT2D eigenvalue weighted by atomic mass is 19.4. The number of methoxy groups -OCH3 is 1. The molecule has 0 fully saturated rings. The number of alkyl halides is 3. The lowest BCUT2D eigenvalue weighted by atomic mass is 9.80. The Balaban J connectivity index is 1.51. The fourth-order valence-electron chi connectivity index (χ4n) is 6.60. The monoisotopic (exact) mass is 678 g/mol. The minimum absolute atomic E-state index is 0.400. The van der Waals surface area contributed by atoms with Crippen LogP contribution in [0.25, 0.3) is 0 Å². The van der Waals surface area contributed by atoms with E-state index in [2.05, 4.69) is 36.9 Å². The summed E-state index contributed by atoms with van der Waals surface area (Å²) < 4.78 is 52.4. The molecular formula is C42H41F3N2O3. The van der Waals surface area contributed by atoms with Crippen molar-refractivity contribution in [2.24, 2.45) is 0 Å². The predicted octanol–water partition coefficient (Wildman–Crippen LogP) is 11.7. The Hall–Kier alpha value is -5.24. The first-order valence-electron chi connectivity index (χ1n) is 17.1. The van der Waals surface area contributed by atoms with Crippen molar-refractivity contribution in [3.63, 3.8) is 0 Å². The Morgan fingerprint density at radius 3 is 1.96 bits per heavy atom. The second-order valence-electron chi connectivity index (χ2n) is 12.5. The third-order valence-corrected chi connectivity index (χ3v) is 9.16. The lowest BCUT2D eigenvalue weighted by molar-refractivity contribution is -0.137. The molecule has 0 bridgehead atoms. The van der Waals surface area contributed by atoms with E-state index in [0.29, 0.717) is 22.7 Å².